The highest BCUT2D eigenvalue weighted by atomic mass is 35.5. The summed E-state index contributed by atoms with van der Waals surface area (Å²) in [5, 5.41) is 8.29. The number of nitrogens with one attached hydrogen (secondary N) is 2. The molecule has 27 heavy (non-hydrogen) atoms. The molecule has 144 valence electrons. The molecular formula is C20H27ClN5O+. The van der Waals surface area contributed by atoms with E-state index in [4.69, 9.17) is 11.6 Å². The van der Waals surface area contributed by atoms with Crippen LogP contribution in [0, 0.1) is 0 Å². The third-order valence-corrected chi connectivity index (χ3v) is 6.00. The Kier molecular flexibility index (Phi) is 5.64. The molecular weight excluding hydrogens is 362 g/mol. The van der Waals surface area contributed by atoms with Crippen molar-refractivity contribution in [2.75, 3.05) is 42.9 Å². The number of anilines is 2. The van der Waals surface area contributed by atoms with E-state index in [1.807, 2.05) is 28.9 Å². The smallest absolute Gasteiger partial charge is 0.280 e. The predicted octanol–water partition coefficient (Wildman–Crippen LogP) is 2.00. The lowest BCUT2D eigenvalue weighted by Gasteiger charge is -2.33. The zero-order valence-corrected chi connectivity index (χ0v) is 16.3. The van der Waals surface area contributed by atoms with Crippen LogP contribution in [0.4, 0.5) is 11.5 Å². The van der Waals surface area contributed by atoms with Crippen molar-refractivity contribution in [3.63, 3.8) is 0 Å². The molecule has 0 atom stereocenters. The molecule has 0 bridgehead atoms. The fraction of sp³-hybridized carbons (Fsp3) is 0.500. The number of benzene rings is 1. The summed E-state index contributed by atoms with van der Waals surface area (Å²) in [6.07, 6.45) is 6.58. The van der Waals surface area contributed by atoms with Gasteiger partial charge in [-0.2, -0.15) is 5.10 Å². The van der Waals surface area contributed by atoms with Crippen LogP contribution in [0.5, 0.6) is 0 Å². The zero-order valence-electron chi connectivity index (χ0n) is 15.5. The van der Waals surface area contributed by atoms with Gasteiger partial charge in [0.05, 0.1) is 49.1 Å². The van der Waals surface area contributed by atoms with Crippen LogP contribution in [-0.4, -0.2) is 48.4 Å². The number of rotatable bonds is 5. The molecule has 0 unspecified atom stereocenters. The minimum absolute atomic E-state index is 0.0657. The van der Waals surface area contributed by atoms with Crippen LogP contribution in [0.25, 0.3) is 0 Å². The Morgan fingerprint density at radius 2 is 1.93 bits per heavy atom. The maximum atomic E-state index is 12.5. The van der Waals surface area contributed by atoms with E-state index in [9.17, 15) is 4.79 Å². The van der Waals surface area contributed by atoms with Gasteiger partial charge in [-0.1, -0.05) is 36.6 Å². The van der Waals surface area contributed by atoms with Crippen molar-refractivity contribution < 1.29 is 9.69 Å². The molecule has 1 aliphatic carbocycles. The summed E-state index contributed by atoms with van der Waals surface area (Å²) >= 11 is 6.31. The second-order valence-corrected chi connectivity index (χ2v) is 7.92. The monoisotopic (exact) mass is 388 g/mol. The molecule has 6 nitrogen and oxygen atoms in total. The molecule has 1 aliphatic heterocycles. The number of halogens is 1. The van der Waals surface area contributed by atoms with Gasteiger partial charge in [-0.25, -0.2) is 4.68 Å². The number of amides is 1. The van der Waals surface area contributed by atoms with E-state index >= 15 is 0 Å². The van der Waals surface area contributed by atoms with E-state index in [0.29, 0.717) is 12.6 Å². The van der Waals surface area contributed by atoms with Crippen molar-refractivity contribution in [3.05, 3.63) is 41.6 Å². The highest BCUT2D eigenvalue weighted by Gasteiger charge is 2.25. The van der Waals surface area contributed by atoms with Gasteiger partial charge in [-0.15, -0.1) is 0 Å². The first-order valence-electron chi connectivity index (χ1n) is 9.87. The van der Waals surface area contributed by atoms with Crippen LogP contribution in [0.2, 0.25) is 5.02 Å². The Labute approximate surface area is 165 Å². The number of hydrogen-bond acceptors (Lipinski definition) is 3. The van der Waals surface area contributed by atoms with Crippen molar-refractivity contribution in [1.29, 1.82) is 0 Å². The summed E-state index contributed by atoms with van der Waals surface area (Å²) in [6, 6.07) is 10.3. The van der Waals surface area contributed by atoms with Crippen molar-refractivity contribution in [1.82, 2.24) is 9.78 Å². The molecule has 1 saturated carbocycles. The number of nitrogens with zero attached hydrogens (tertiary/aromatic N) is 3. The molecule has 1 aromatic heterocycles. The summed E-state index contributed by atoms with van der Waals surface area (Å²) in [5.41, 5.74) is 1.09. The summed E-state index contributed by atoms with van der Waals surface area (Å²) < 4.78 is 2.00. The van der Waals surface area contributed by atoms with Crippen LogP contribution in [0.1, 0.15) is 31.7 Å². The molecule has 0 radical (unpaired) electrons. The van der Waals surface area contributed by atoms with Crippen molar-refractivity contribution >= 4 is 29.0 Å². The number of carbonyl (C=O) groups excluding carboxylic acids is 1. The second kappa shape index (κ2) is 8.31. The molecule has 1 saturated heterocycles. The lowest BCUT2D eigenvalue weighted by molar-refractivity contribution is -0.892. The summed E-state index contributed by atoms with van der Waals surface area (Å²) in [6.45, 7) is 4.17. The van der Waals surface area contributed by atoms with Gasteiger partial charge in [0.1, 0.15) is 5.82 Å². The number of hydrogen-bond donors (Lipinski definition) is 2. The molecule has 1 amide bonds. The maximum absolute atomic E-state index is 12.5. The molecule has 1 aromatic carbocycles. The van der Waals surface area contributed by atoms with Gasteiger partial charge in [-0.05, 0) is 25.0 Å². The van der Waals surface area contributed by atoms with Gasteiger partial charge in [0.25, 0.3) is 5.91 Å². The molecule has 2 aromatic rings. The quantitative estimate of drug-likeness (QED) is 0.823. The van der Waals surface area contributed by atoms with Gasteiger partial charge in [0.2, 0.25) is 0 Å². The molecule has 2 fully saturated rings. The van der Waals surface area contributed by atoms with E-state index < -0.39 is 0 Å². The fourth-order valence-electron chi connectivity index (χ4n) is 4.22. The topological polar surface area (TPSA) is 54.6 Å². The molecule has 7 heteroatoms. The minimum atomic E-state index is 0.0657. The SMILES string of the molecule is O=C(C[NH+]1CCN(c2ccccc2Cl)CC1)Nc1ccnn1C1CCCC1. The number of para-hydroxylation sites is 1. The van der Waals surface area contributed by atoms with Crippen molar-refractivity contribution in [2.24, 2.45) is 0 Å². The fourth-order valence-corrected chi connectivity index (χ4v) is 4.47. The first-order valence-corrected chi connectivity index (χ1v) is 10.2. The molecule has 0 spiro atoms. The molecule has 2 aliphatic rings. The van der Waals surface area contributed by atoms with E-state index in [1.54, 1.807) is 6.20 Å². The van der Waals surface area contributed by atoms with E-state index in [2.05, 4.69) is 21.4 Å². The average Bonchev–Trinajstić information content (AvgIpc) is 3.34. The van der Waals surface area contributed by atoms with Crippen molar-refractivity contribution in [2.45, 2.75) is 31.7 Å². The summed E-state index contributed by atoms with van der Waals surface area (Å²) in [5.74, 6) is 0.900. The Hall–Kier alpha value is -2.05. The number of carbonyl (C=O) groups is 1. The first kappa shape index (κ1) is 18.3. The third kappa shape index (κ3) is 4.28. The number of aromatic nitrogens is 2. The van der Waals surface area contributed by atoms with E-state index in [-0.39, 0.29) is 5.91 Å². The van der Waals surface area contributed by atoms with Crippen molar-refractivity contribution in [3.8, 4) is 0 Å². The Bertz CT molecular complexity index is 778. The Morgan fingerprint density at radius 1 is 1.19 bits per heavy atom. The Morgan fingerprint density at radius 3 is 2.67 bits per heavy atom. The van der Waals surface area contributed by atoms with Gasteiger partial charge in [0, 0.05) is 6.07 Å². The third-order valence-electron chi connectivity index (χ3n) is 5.68. The standard InChI is InChI=1S/C20H26ClN5O/c21-17-7-3-4-8-18(17)25-13-11-24(12-14-25)15-20(27)23-19-9-10-22-26(19)16-5-1-2-6-16/h3-4,7-10,16H,1-2,5-6,11-15H2,(H,23,27)/p+1. The Balaban J connectivity index is 1.29. The largest absolute Gasteiger partial charge is 0.359 e. The predicted molar refractivity (Wildman–Crippen MR) is 108 cm³/mol. The first-order chi connectivity index (χ1) is 13.2. The second-order valence-electron chi connectivity index (χ2n) is 7.51. The highest BCUT2D eigenvalue weighted by molar-refractivity contribution is 6.33. The summed E-state index contributed by atoms with van der Waals surface area (Å²) in [4.78, 5) is 16.2. The van der Waals surface area contributed by atoms with Crippen LogP contribution in [0.3, 0.4) is 0 Å². The van der Waals surface area contributed by atoms with E-state index in [0.717, 1.165) is 55.5 Å². The normalized spacial score (nSPS) is 18.8. The van der Waals surface area contributed by atoms with Gasteiger partial charge in [-0.3, -0.25) is 4.79 Å². The van der Waals surface area contributed by atoms with Gasteiger partial charge < -0.3 is 15.1 Å². The van der Waals surface area contributed by atoms with Crippen LogP contribution >= 0.6 is 11.6 Å². The lowest BCUT2D eigenvalue weighted by atomic mass is 10.2. The number of quaternary nitrogens is 1. The molecule has 2 N–H and O–H groups in total. The van der Waals surface area contributed by atoms with Gasteiger partial charge in [0.15, 0.2) is 6.54 Å². The molecule has 2 heterocycles. The maximum Gasteiger partial charge on any atom is 0.280 e. The summed E-state index contributed by atoms with van der Waals surface area (Å²) in [7, 11) is 0. The highest BCUT2D eigenvalue weighted by Crippen LogP contribution is 2.31. The van der Waals surface area contributed by atoms with Crippen LogP contribution in [-0.2, 0) is 4.79 Å². The lowest BCUT2D eigenvalue weighted by Crippen LogP contribution is -3.15. The zero-order chi connectivity index (χ0) is 18.6. The molecule has 4 rings (SSSR count). The van der Waals surface area contributed by atoms with Gasteiger partial charge >= 0.3 is 0 Å². The van der Waals surface area contributed by atoms with E-state index in [1.165, 1.54) is 17.7 Å². The minimum Gasteiger partial charge on any atom is -0.359 e. The van der Waals surface area contributed by atoms with Crippen LogP contribution in [0.15, 0.2) is 36.5 Å². The number of piperazine rings is 1. The average molecular weight is 389 g/mol. The van der Waals surface area contributed by atoms with Crippen LogP contribution < -0.4 is 15.1 Å².